The van der Waals surface area contributed by atoms with Crippen LogP contribution >= 0.6 is 0 Å². The molecule has 0 unspecified atom stereocenters. The van der Waals surface area contributed by atoms with Crippen LogP contribution in [-0.2, 0) is 4.79 Å². The van der Waals surface area contributed by atoms with Crippen LogP contribution in [0, 0.1) is 5.82 Å². The number of hydrogen-bond donors (Lipinski definition) is 2. The van der Waals surface area contributed by atoms with Crippen molar-refractivity contribution < 1.29 is 9.18 Å². The predicted molar refractivity (Wildman–Crippen MR) is 65.9 cm³/mol. The molecule has 0 saturated carbocycles. The summed E-state index contributed by atoms with van der Waals surface area (Å²) in [4.78, 5) is 10.4. The number of carbonyl (C=O) groups is 1. The fourth-order valence-electron chi connectivity index (χ4n) is 1.57. The third-order valence-electron chi connectivity index (χ3n) is 2.45. The molecule has 86 valence electrons. The topological polar surface area (TPSA) is 55.1 Å². The van der Waals surface area contributed by atoms with Gasteiger partial charge >= 0.3 is 0 Å². The Kier molecular flexibility index (Phi) is 3.05. The zero-order chi connectivity index (χ0) is 12.3. The second-order valence-corrected chi connectivity index (χ2v) is 3.57. The molecule has 0 spiro atoms. The summed E-state index contributed by atoms with van der Waals surface area (Å²) in [5, 5.41) is 2.52. The lowest BCUT2D eigenvalue weighted by molar-refractivity contribution is -0.105. The van der Waals surface area contributed by atoms with Gasteiger partial charge in [-0.2, -0.15) is 0 Å². The normalized spacial score (nSPS) is 9.94. The third kappa shape index (κ3) is 2.42. The van der Waals surface area contributed by atoms with Crippen molar-refractivity contribution >= 4 is 17.8 Å². The molecule has 0 aliphatic heterocycles. The maximum absolute atomic E-state index is 12.8. The van der Waals surface area contributed by atoms with Crippen LogP contribution in [0.3, 0.4) is 0 Å². The number of benzene rings is 2. The maximum atomic E-state index is 12.8. The van der Waals surface area contributed by atoms with E-state index in [4.69, 9.17) is 5.73 Å². The molecule has 0 fully saturated rings. The van der Waals surface area contributed by atoms with E-state index in [9.17, 15) is 9.18 Å². The average molecular weight is 230 g/mol. The van der Waals surface area contributed by atoms with Crippen LogP contribution < -0.4 is 11.1 Å². The van der Waals surface area contributed by atoms with Crippen molar-refractivity contribution in [2.24, 2.45) is 0 Å². The molecule has 3 N–H and O–H groups in total. The Balaban J connectivity index is 2.42. The lowest BCUT2D eigenvalue weighted by Gasteiger charge is -2.07. The van der Waals surface area contributed by atoms with Crippen LogP contribution in [-0.4, -0.2) is 6.41 Å². The molecule has 0 radical (unpaired) electrons. The minimum Gasteiger partial charge on any atom is -0.397 e. The Morgan fingerprint density at radius 3 is 2.35 bits per heavy atom. The van der Waals surface area contributed by atoms with Crippen LogP contribution in [0.4, 0.5) is 15.8 Å². The second-order valence-electron chi connectivity index (χ2n) is 3.57. The van der Waals surface area contributed by atoms with Gasteiger partial charge in [-0.3, -0.25) is 4.79 Å². The van der Waals surface area contributed by atoms with Gasteiger partial charge in [0.15, 0.2) is 0 Å². The summed E-state index contributed by atoms with van der Waals surface area (Å²) in [6.45, 7) is 0. The molecule has 0 aliphatic carbocycles. The number of nitrogens with one attached hydrogen (secondary N) is 1. The summed E-state index contributed by atoms with van der Waals surface area (Å²) in [6.07, 6.45) is 0.570. The molecule has 0 heterocycles. The van der Waals surface area contributed by atoms with Crippen LogP contribution in [0.2, 0.25) is 0 Å². The molecular formula is C13H11FN2O. The van der Waals surface area contributed by atoms with E-state index >= 15 is 0 Å². The van der Waals surface area contributed by atoms with Crippen LogP contribution in [0.15, 0.2) is 42.5 Å². The molecule has 0 atom stereocenters. The number of anilines is 2. The van der Waals surface area contributed by atoms with Gasteiger partial charge in [0.25, 0.3) is 0 Å². The van der Waals surface area contributed by atoms with E-state index in [0.717, 1.165) is 11.1 Å². The number of rotatable bonds is 3. The largest absolute Gasteiger partial charge is 0.397 e. The first-order valence-electron chi connectivity index (χ1n) is 5.06. The summed E-state index contributed by atoms with van der Waals surface area (Å²) >= 11 is 0. The summed E-state index contributed by atoms with van der Waals surface area (Å²) in [5.41, 5.74) is 8.45. The van der Waals surface area contributed by atoms with Gasteiger partial charge in [0.2, 0.25) is 6.41 Å². The van der Waals surface area contributed by atoms with Gasteiger partial charge in [-0.05, 0) is 35.4 Å². The first-order valence-corrected chi connectivity index (χ1v) is 5.06. The molecule has 2 rings (SSSR count). The lowest BCUT2D eigenvalue weighted by atomic mass is 10.0. The minimum atomic E-state index is -0.282. The van der Waals surface area contributed by atoms with E-state index in [0.29, 0.717) is 17.8 Å². The summed E-state index contributed by atoms with van der Waals surface area (Å²) < 4.78 is 12.8. The zero-order valence-corrected chi connectivity index (χ0v) is 8.98. The second kappa shape index (κ2) is 4.65. The Labute approximate surface area is 98.1 Å². The summed E-state index contributed by atoms with van der Waals surface area (Å²) in [5.74, 6) is -0.282. The smallest absolute Gasteiger partial charge is 0.211 e. The maximum Gasteiger partial charge on any atom is 0.211 e. The van der Waals surface area contributed by atoms with E-state index in [1.54, 1.807) is 24.3 Å². The SMILES string of the molecule is Nc1ccc(-c2ccc(F)cc2)cc1NC=O. The molecule has 1 amide bonds. The van der Waals surface area contributed by atoms with Crippen molar-refractivity contribution in [2.45, 2.75) is 0 Å². The van der Waals surface area contributed by atoms with E-state index in [2.05, 4.69) is 5.32 Å². The van der Waals surface area contributed by atoms with Crippen molar-refractivity contribution in [2.75, 3.05) is 11.1 Å². The Morgan fingerprint density at radius 2 is 1.71 bits per heavy atom. The number of nitrogens with two attached hydrogens (primary N) is 1. The molecule has 4 heteroatoms. The molecule has 0 aromatic heterocycles. The number of carbonyl (C=O) groups excluding carboxylic acids is 1. The van der Waals surface area contributed by atoms with Crippen molar-refractivity contribution in [1.29, 1.82) is 0 Å². The number of halogens is 1. The third-order valence-corrected chi connectivity index (χ3v) is 2.45. The molecular weight excluding hydrogens is 219 g/mol. The van der Waals surface area contributed by atoms with Gasteiger partial charge in [-0.15, -0.1) is 0 Å². The van der Waals surface area contributed by atoms with Crippen LogP contribution in [0.25, 0.3) is 11.1 Å². The first kappa shape index (κ1) is 11.1. The molecule has 0 saturated heterocycles. The first-order chi connectivity index (χ1) is 8.20. The molecule has 2 aromatic rings. The molecule has 3 nitrogen and oxygen atoms in total. The number of nitrogen functional groups attached to an aromatic ring is 1. The Morgan fingerprint density at radius 1 is 1.06 bits per heavy atom. The van der Waals surface area contributed by atoms with Gasteiger partial charge in [-0.25, -0.2) is 4.39 Å². The van der Waals surface area contributed by atoms with Crippen LogP contribution in [0.1, 0.15) is 0 Å². The lowest BCUT2D eigenvalue weighted by Crippen LogP contribution is -1.99. The Bertz CT molecular complexity index is 538. The minimum absolute atomic E-state index is 0.282. The highest BCUT2D eigenvalue weighted by Crippen LogP contribution is 2.26. The van der Waals surface area contributed by atoms with Gasteiger partial charge in [0, 0.05) is 0 Å². The molecule has 2 aromatic carbocycles. The Hall–Kier alpha value is -2.36. The number of amides is 1. The molecule has 0 aliphatic rings. The fraction of sp³-hybridized carbons (Fsp3) is 0. The van der Waals surface area contributed by atoms with E-state index in [1.165, 1.54) is 12.1 Å². The predicted octanol–water partition coefficient (Wildman–Crippen LogP) is 2.64. The monoisotopic (exact) mass is 230 g/mol. The highest BCUT2D eigenvalue weighted by atomic mass is 19.1. The summed E-state index contributed by atoms with van der Waals surface area (Å²) in [6, 6.07) is 11.4. The van der Waals surface area contributed by atoms with Crippen molar-refractivity contribution in [3.05, 3.63) is 48.3 Å². The number of hydrogen-bond acceptors (Lipinski definition) is 2. The van der Waals surface area contributed by atoms with Gasteiger partial charge in [0.05, 0.1) is 11.4 Å². The van der Waals surface area contributed by atoms with E-state index < -0.39 is 0 Å². The summed E-state index contributed by atoms with van der Waals surface area (Å²) in [7, 11) is 0. The van der Waals surface area contributed by atoms with Crippen molar-refractivity contribution in [3.8, 4) is 11.1 Å². The van der Waals surface area contributed by atoms with Crippen molar-refractivity contribution in [3.63, 3.8) is 0 Å². The van der Waals surface area contributed by atoms with E-state index in [-0.39, 0.29) is 5.82 Å². The highest BCUT2D eigenvalue weighted by molar-refractivity contribution is 5.83. The zero-order valence-electron chi connectivity index (χ0n) is 8.98. The molecule has 0 bridgehead atoms. The molecule has 17 heavy (non-hydrogen) atoms. The van der Waals surface area contributed by atoms with E-state index in [1.807, 2.05) is 6.07 Å². The van der Waals surface area contributed by atoms with Gasteiger partial charge in [0.1, 0.15) is 5.82 Å². The van der Waals surface area contributed by atoms with Crippen LogP contribution in [0.5, 0.6) is 0 Å². The highest BCUT2D eigenvalue weighted by Gasteiger charge is 2.02. The average Bonchev–Trinajstić information content (AvgIpc) is 2.33. The van der Waals surface area contributed by atoms with Gasteiger partial charge in [-0.1, -0.05) is 18.2 Å². The fourth-order valence-corrected chi connectivity index (χ4v) is 1.57. The van der Waals surface area contributed by atoms with Gasteiger partial charge < -0.3 is 11.1 Å². The quantitative estimate of drug-likeness (QED) is 0.629. The standard InChI is InChI=1S/C13H11FN2O/c14-11-4-1-9(2-5-11)10-3-6-12(15)13(7-10)16-8-17/h1-8H,15H2,(H,16,17). The van der Waals surface area contributed by atoms with Crippen molar-refractivity contribution in [1.82, 2.24) is 0 Å².